The quantitative estimate of drug-likeness (QED) is 0.0797. The smallest absolute Gasteiger partial charge is 0.250 e. The highest BCUT2D eigenvalue weighted by atomic mass is 35.5. The lowest BCUT2D eigenvalue weighted by Crippen LogP contribution is -2.07. The standard InChI is InChI=1S/C28H21Cl2N9O/c29-19-11-13-24(23(30)16-19)38-37-22-12-14-25(40)18(15-22)17-31-39-28-35-26(32-20-7-3-1-4-8-20)34-27(36-28)33-21-9-5-2-6-10-21/h1-17,40H,(H3,32,33,34,35,36,39)/b31-17+,38-37?. The van der Waals surface area contributed by atoms with E-state index in [1.807, 2.05) is 60.7 Å². The van der Waals surface area contributed by atoms with Crippen molar-refractivity contribution in [2.24, 2.45) is 15.3 Å². The number of aromatic nitrogens is 3. The van der Waals surface area contributed by atoms with Gasteiger partial charge in [-0.1, -0.05) is 59.6 Å². The molecule has 4 N–H and O–H groups in total. The molecule has 0 aliphatic heterocycles. The van der Waals surface area contributed by atoms with Gasteiger partial charge in [0.25, 0.3) is 0 Å². The van der Waals surface area contributed by atoms with Crippen LogP contribution in [0.2, 0.25) is 10.0 Å². The Hall–Kier alpha value is -5.06. The van der Waals surface area contributed by atoms with Gasteiger partial charge >= 0.3 is 0 Å². The van der Waals surface area contributed by atoms with Gasteiger partial charge in [-0.05, 0) is 60.7 Å². The van der Waals surface area contributed by atoms with Gasteiger partial charge in [0, 0.05) is 22.0 Å². The molecule has 10 nitrogen and oxygen atoms in total. The summed E-state index contributed by atoms with van der Waals surface area (Å²) < 4.78 is 0. The molecule has 1 heterocycles. The Morgan fingerprint density at radius 3 is 1.93 bits per heavy atom. The number of azo groups is 1. The zero-order valence-electron chi connectivity index (χ0n) is 20.7. The van der Waals surface area contributed by atoms with Crippen LogP contribution in [0, 0.1) is 0 Å². The summed E-state index contributed by atoms with van der Waals surface area (Å²) in [6.07, 6.45) is 1.42. The van der Waals surface area contributed by atoms with Crippen LogP contribution in [-0.2, 0) is 0 Å². The van der Waals surface area contributed by atoms with Crippen LogP contribution in [0.1, 0.15) is 5.56 Å². The fourth-order valence-corrected chi connectivity index (χ4v) is 3.83. The van der Waals surface area contributed by atoms with Gasteiger partial charge in [-0.25, -0.2) is 5.43 Å². The highest BCUT2D eigenvalue weighted by Gasteiger charge is 2.08. The third kappa shape index (κ3) is 7.28. The van der Waals surface area contributed by atoms with E-state index >= 15 is 0 Å². The van der Waals surface area contributed by atoms with Gasteiger partial charge in [-0.3, -0.25) is 0 Å². The molecule has 0 aliphatic rings. The molecule has 5 aromatic rings. The predicted molar refractivity (Wildman–Crippen MR) is 159 cm³/mol. The Bertz CT molecular complexity index is 1610. The lowest BCUT2D eigenvalue weighted by Gasteiger charge is -2.10. The number of halogens is 2. The maximum atomic E-state index is 10.3. The molecule has 40 heavy (non-hydrogen) atoms. The van der Waals surface area contributed by atoms with Crippen molar-refractivity contribution < 1.29 is 5.11 Å². The Labute approximate surface area is 239 Å². The second kappa shape index (κ2) is 12.7. The van der Waals surface area contributed by atoms with E-state index < -0.39 is 0 Å². The molecule has 4 aromatic carbocycles. The van der Waals surface area contributed by atoms with Gasteiger partial charge in [0.1, 0.15) is 11.4 Å². The summed E-state index contributed by atoms with van der Waals surface area (Å²) in [5.74, 6) is 0.797. The van der Waals surface area contributed by atoms with Crippen molar-refractivity contribution in [2.45, 2.75) is 0 Å². The monoisotopic (exact) mass is 569 g/mol. The molecule has 0 atom stereocenters. The summed E-state index contributed by atoms with van der Waals surface area (Å²) in [5.41, 5.74) is 5.75. The number of aromatic hydroxyl groups is 1. The first kappa shape index (κ1) is 26.5. The predicted octanol–water partition coefficient (Wildman–Crippen LogP) is 8.23. The van der Waals surface area contributed by atoms with E-state index in [4.69, 9.17) is 23.2 Å². The van der Waals surface area contributed by atoms with E-state index in [1.165, 1.54) is 12.3 Å². The van der Waals surface area contributed by atoms with Crippen LogP contribution in [0.25, 0.3) is 0 Å². The average Bonchev–Trinajstić information content (AvgIpc) is 2.95. The average molecular weight is 570 g/mol. The minimum Gasteiger partial charge on any atom is -0.507 e. The van der Waals surface area contributed by atoms with Crippen molar-refractivity contribution >= 4 is 70.0 Å². The van der Waals surface area contributed by atoms with Crippen LogP contribution in [0.15, 0.2) is 112 Å². The topological polar surface area (TPSA) is 132 Å². The molecule has 0 saturated carbocycles. The number of hydrogen-bond acceptors (Lipinski definition) is 10. The minimum absolute atomic E-state index is 0.00235. The van der Waals surface area contributed by atoms with Crippen molar-refractivity contribution in [1.29, 1.82) is 0 Å². The van der Waals surface area contributed by atoms with E-state index in [9.17, 15) is 5.11 Å². The summed E-state index contributed by atoms with van der Waals surface area (Å²) in [5, 5.41) is 30.1. The highest BCUT2D eigenvalue weighted by Crippen LogP contribution is 2.30. The normalized spacial score (nSPS) is 11.2. The van der Waals surface area contributed by atoms with Crippen LogP contribution >= 0.6 is 23.2 Å². The second-order valence-corrected chi connectivity index (χ2v) is 9.04. The van der Waals surface area contributed by atoms with Gasteiger partial charge in [0.15, 0.2) is 0 Å². The van der Waals surface area contributed by atoms with E-state index in [0.29, 0.717) is 38.9 Å². The number of hydrazone groups is 1. The number of phenolic OH excluding ortho intramolecular Hbond substituents is 1. The number of benzene rings is 4. The van der Waals surface area contributed by atoms with Crippen LogP contribution < -0.4 is 16.1 Å². The number of hydrogen-bond donors (Lipinski definition) is 4. The van der Waals surface area contributed by atoms with Crippen molar-refractivity contribution in [2.75, 3.05) is 16.1 Å². The number of nitrogens with one attached hydrogen (secondary N) is 3. The van der Waals surface area contributed by atoms with E-state index in [2.05, 4.69) is 46.3 Å². The second-order valence-electron chi connectivity index (χ2n) is 8.20. The van der Waals surface area contributed by atoms with Gasteiger partial charge in [0.05, 0.1) is 16.9 Å². The van der Waals surface area contributed by atoms with Crippen LogP contribution in [0.5, 0.6) is 5.75 Å². The number of rotatable bonds is 9. The first-order valence-electron chi connectivity index (χ1n) is 11.9. The van der Waals surface area contributed by atoms with E-state index in [-0.39, 0.29) is 11.7 Å². The Kier molecular flexibility index (Phi) is 8.40. The zero-order chi connectivity index (χ0) is 27.7. The number of phenols is 1. The number of para-hydroxylation sites is 2. The molecule has 0 spiro atoms. The molecule has 0 radical (unpaired) electrons. The van der Waals surface area contributed by atoms with E-state index in [1.54, 1.807) is 30.3 Å². The third-order valence-corrected chi connectivity index (χ3v) is 5.80. The molecule has 198 valence electrons. The minimum atomic E-state index is 0.00235. The Morgan fingerprint density at radius 2 is 1.30 bits per heavy atom. The third-order valence-electron chi connectivity index (χ3n) is 5.26. The number of nitrogens with zero attached hydrogens (tertiary/aromatic N) is 6. The Morgan fingerprint density at radius 1 is 0.675 bits per heavy atom. The van der Waals surface area contributed by atoms with Gasteiger partial charge in [-0.2, -0.15) is 25.2 Å². The SMILES string of the molecule is Oc1ccc(N=Nc2ccc(Cl)cc2Cl)cc1/C=N/Nc1nc(Nc2ccccc2)nc(Nc2ccccc2)n1. The molecule has 1 aromatic heterocycles. The molecule has 5 rings (SSSR count). The molecule has 0 saturated heterocycles. The van der Waals surface area contributed by atoms with Crippen LogP contribution in [0.4, 0.5) is 40.6 Å². The maximum absolute atomic E-state index is 10.3. The largest absolute Gasteiger partial charge is 0.507 e. The fourth-order valence-electron chi connectivity index (χ4n) is 3.38. The summed E-state index contributed by atoms with van der Waals surface area (Å²) in [4.78, 5) is 13.3. The molecular weight excluding hydrogens is 549 g/mol. The molecule has 0 aliphatic carbocycles. The fraction of sp³-hybridized carbons (Fsp3) is 0. The van der Waals surface area contributed by atoms with Crippen molar-refractivity contribution in [3.63, 3.8) is 0 Å². The summed E-state index contributed by atoms with van der Waals surface area (Å²) >= 11 is 12.1. The zero-order valence-corrected chi connectivity index (χ0v) is 22.2. The molecule has 0 amide bonds. The maximum Gasteiger partial charge on any atom is 0.250 e. The Balaban J connectivity index is 1.35. The lowest BCUT2D eigenvalue weighted by atomic mass is 10.2. The van der Waals surface area contributed by atoms with E-state index in [0.717, 1.165) is 11.4 Å². The van der Waals surface area contributed by atoms with Gasteiger partial charge < -0.3 is 15.7 Å². The lowest BCUT2D eigenvalue weighted by molar-refractivity contribution is 0.474. The van der Waals surface area contributed by atoms with Crippen molar-refractivity contribution in [3.05, 3.63) is 113 Å². The number of anilines is 5. The van der Waals surface area contributed by atoms with Crippen LogP contribution in [0.3, 0.4) is 0 Å². The van der Waals surface area contributed by atoms with Crippen LogP contribution in [-0.4, -0.2) is 26.3 Å². The molecule has 12 heteroatoms. The first-order valence-corrected chi connectivity index (χ1v) is 12.7. The van der Waals surface area contributed by atoms with Gasteiger partial charge in [0.2, 0.25) is 17.8 Å². The van der Waals surface area contributed by atoms with Crippen molar-refractivity contribution in [3.8, 4) is 5.75 Å². The molecule has 0 unspecified atom stereocenters. The summed E-state index contributed by atoms with van der Waals surface area (Å²) in [6, 6.07) is 28.7. The summed E-state index contributed by atoms with van der Waals surface area (Å²) in [6.45, 7) is 0. The molecular formula is C28H21Cl2N9O. The molecule has 0 fully saturated rings. The molecule has 0 bridgehead atoms. The summed E-state index contributed by atoms with van der Waals surface area (Å²) in [7, 11) is 0. The van der Waals surface area contributed by atoms with Gasteiger partial charge in [-0.15, -0.1) is 5.11 Å². The van der Waals surface area contributed by atoms with Crippen molar-refractivity contribution in [1.82, 2.24) is 15.0 Å². The first-order chi connectivity index (χ1) is 19.5. The highest BCUT2D eigenvalue weighted by molar-refractivity contribution is 6.36.